The molecule has 0 radical (unpaired) electrons. The third-order valence-electron chi connectivity index (χ3n) is 8.01. The van der Waals surface area contributed by atoms with Gasteiger partial charge in [-0.2, -0.15) is 0 Å². The van der Waals surface area contributed by atoms with Gasteiger partial charge in [-0.1, -0.05) is 54.6 Å². The number of aliphatic hydroxyl groups excluding tert-OH is 1. The van der Waals surface area contributed by atoms with Crippen LogP contribution in [-0.4, -0.2) is 46.1 Å². The second-order valence-electron chi connectivity index (χ2n) is 13.3. The Bertz CT molecular complexity index is 1030. The maximum absolute atomic E-state index is 9.00. The van der Waals surface area contributed by atoms with Crippen LogP contribution in [0.3, 0.4) is 0 Å². The predicted octanol–water partition coefficient (Wildman–Crippen LogP) is 9.61. The maximum atomic E-state index is 9.00. The van der Waals surface area contributed by atoms with Crippen LogP contribution in [0.2, 0.25) is 25.7 Å². The maximum Gasteiger partial charge on any atom is 0.199 e. The first-order chi connectivity index (χ1) is 20.0. The van der Waals surface area contributed by atoms with Crippen molar-refractivity contribution in [3.63, 3.8) is 0 Å². The predicted molar refractivity (Wildman–Crippen MR) is 179 cm³/mol. The fraction of sp³-hybridized carbons (Fsp3) is 0.667. The highest BCUT2D eigenvalue weighted by Gasteiger charge is 2.20. The summed E-state index contributed by atoms with van der Waals surface area (Å²) in [5, 5.41) is 9.00. The Morgan fingerprint density at radius 3 is 2.24 bits per heavy atom. The molecule has 1 aliphatic heterocycles. The zero-order valence-corrected chi connectivity index (χ0v) is 29.1. The Hall–Kier alpha value is -1.86. The lowest BCUT2D eigenvalue weighted by Crippen LogP contribution is -2.25. The Balaban J connectivity index is 2.05. The first-order valence-corrected chi connectivity index (χ1v) is 19.9. The number of allylic oxidation sites excluding steroid dienone is 6. The molecule has 0 aliphatic carbocycles. The standard InChI is InChI=1S/C36H60O5Si/c1-28(14-11-16-29(2)18-13-22-37)15-12-17-30(3)20-21-33-26-34(41-35-19-9-10-23-39-35)31(4)32(5)36(33)40-27-38-24-25-42(6,7)8/h15-16,20,26,35,37H,9-14,17-19,21-25,27H2,1-8H3/b28-15+,29-16+,30-20-. The summed E-state index contributed by atoms with van der Waals surface area (Å²) in [6.07, 6.45) is 16.9. The first kappa shape index (κ1) is 36.3. The van der Waals surface area contributed by atoms with Gasteiger partial charge in [0.15, 0.2) is 13.1 Å². The molecule has 5 nitrogen and oxygen atoms in total. The van der Waals surface area contributed by atoms with Crippen LogP contribution in [0.15, 0.2) is 41.0 Å². The van der Waals surface area contributed by atoms with Gasteiger partial charge in [0.2, 0.25) is 0 Å². The van der Waals surface area contributed by atoms with E-state index in [9.17, 15) is 0 Å². The largest absolute Gasteiger partial charge is 0.467 e. The van der Waals surface area contributed by atoms with Crippen molar-refractivity contribution in [2.75, 3.05) is 26.6 Å². The second kappa shape index (κ2) is 19.4. The number of ether oxygens (including phenoxy) is 4. The molecule has 6 heteroatoms. The molecule has 1 atom stereocenters. The number of hydrogen-bond acceptors (Lipinski definition) is 5. The molecule has 0 spiro atoms. The van der Waals surface area contributed by atoms with Gasteiger partial charge in [-0.05, 0) is 116 Å². The summed E-state index contributed by atoms with van der Waals surface area (Å²) < 4.78 is 24.4. The fourth-order valence-corrected chi connectivity index (χ4v) is 5.68. The van der Waals surface area contributed by atoms with Crippen LogP contribution in [0.5, 0.6) is 11.5 Å². The number of hydrogen-bond donors (Lipinski definition) is 1. The van der Waals surface area contributed by atoms with E-state index in [1.165, 1.54) is 16.7 Å². The lowest BCUT2D eigenvalue weighted by molar-refractivity contribution is -0.106. The minimum Gasteiger partial charge on any atom is -0.467 e. The lowest BCUT2D eigenvalue weighted by Gasteiger charge is -2.26. The first-order valence-electron chi connectivity index (χ1n) is 16.2. The number of aliphatic hydroxyl groups is 1. The molecule has 1 saturated heterocycles. The van der Waals surface area contributed by atoms with Crippen LogP contribution in [0.25, 0.3) is 0 Å². The van der Waals surface area contributed by atoms with Crippen LogP contribution < -0.4 is 9.47 Å². The highest BCUT2D eigenvalue weighted by molar-refractivity contribution is 6.76. The van der Waals surface area contributed by atoms with Gasteiger partial charge >= 0.3 is 0 Å². The smallest absolute Gasteiger partial charge is 0.199 e. The van der Waals surface area contributed by atoms with Crippen LogP contribution in [0.1, 0.15) is 95.2 Å². The Kier molecular flexibility index (Phi) is 16.8. The Morgan fingerprint density at radius 1 is 0.952 bits per heavy atom. The van der Waals surface area contributed by atoms with Gasteiger partial charge in [0.05, 0.1) is 6.61 Å². The molecule has 0 bridgehead atoms. The molecule has 1 unspecified atom stereocenters. The Labute approximate surface area is 258 Å². The van der Waals surface area contributed by atoms with E-state index in [1.807, 2.05) is 0 Å². The second-order valence-corrected chi connectivity index (χ2v) is 18.9. The molecule has 1 aromatic rings. The SMILES string of the molecule is C/C(=C/Cc1cc(OC2CCCCO2)c(C)c(C)c1OCOCC[Si](C)(C)C)CC/C=C(\C)CC/C=C(\C)CCCO. The summed E-state index contributed by atoms with van der Waals surface area (Å²) in [6.45, 7) is 20.0. The molecule has 1 N–H and O–H groups in total. The molecular formula is C36H60O5Si. The van der Waals surface area contributed by atoms with Crippen molar-refractivity contribution >= 4 is 8.07 Å². The monoisotopic (exact) mass is 600 g/mol. The normalized spacial score (nSPS) is 17.1. The van der Waals surface area contributed by atoms with Crippen LogP contribution in [-0.2, 0) is 15.9 Å². The molecule has 1 aliphatic rings. The molecule has 2 rings (SSSR count). The Morgan fingerprint density at radius 2 is 1.62 bits per heavy atom. The minimum absolute atomic E-state index is 0.173. The van der Waals surface area contributed by atoms with Gasteiger partial charge in [0.25, 0.3) is 0 Å². The third kappa shape index (κ3) is 14.5. The van der Waals surface area contributed by atoms with Crippen molar-refractivity contribution in [3.8, 4) is 11.5 Å². The zero-order valence-electron chi connectivity index (χ0n) is 28.1. The molecule has 1 fully saturated rings. The van der Waals surface area contributed by atoms with E-state index in [0.717, 1.165) is 112 Å². The molecule has 1 heterocycles. The minimum atomic E-state index is -1.14. The summed E-state index contributed by atoms with van der Waals surface area (Å²) >= 11 is 0. The van der Waals surface area contributed by atoms with E-state index >= 15 is 0 Å². The van der Waals surface area contributed by atoms with Crippen LogP contribution in [0.4, 0.5) is 0 Å². The van der Waals surface area contributed by atoms with Gasteiger partial charge < -0.3 is 24.1 Å². The summed E-state index contributed by atoms with van der Waals surface area (Å²) in [5.41, 5.74) is 7.55. The van der Waals surface area contributed by atoms with Crippen molar-refractivity contribution in [3.05, 3.63) is 57.7 Å². The number of benzene rings is 1. The molecule has 238 valence electrons. The van der Waals surface area contributed by atoms with Crippen molar-refractivity contribution in [2.24, 2.45) is 0 Å². The topological polar surface area (TPSA) is 57.2 Å². The van der Waals surface area contributed by atoms with E-state index in [4.69, 9.17) is 24.1 Å². The van der Waals surface area contributed by atoms with Crippen LogP contribution in [0, 0.1) is 13.8 Å². The van der Waals surface area contributed by atoms with Gasteiger partial charge in [0.1, 0.15) is 11.5 Å². The summed E-state index contributed by atoms with van der Waals surface area (Å²) in [6, 6.07) is 3.29. The van der Waals surface area contributed by atoms with Crippen molar-refractivity contribution in [1.29, 1.82) is 0 Å². The van der Waals surface area contributed by atoms with Crippen molar-refractivity contribution in [1.82, 2.24) is 0 Å². The zero-order chi connectivity index (χ0) is 31.0. The highest BCUT2D eigenvalue weighted by Crippen LogP contribution is 2.36. The summed E-state index contributed by atoms with van der Waals surface area (Å²) in [5.74, 6) is 1.81. The molecule has 0 saturated carbocycles. The molecule has 0 aromatic heterocycles. The van der Waals surface area contributed by atoms with E-state index in [1.54, 1.807) is 0 Å². The lowest BCUT2D eigenvalue weighted by atomic mass is 9.99. The van der Waals surface area contributed by atoms with Gasteiger partial charge in [0, 0.05) is 33.3 Å². The third-order valence-corrected chi connectivity index (χ3v) is 9.72. The number of rotatable bonds is 19. The average molecular weight is 601 g/mol. The van der Waals surface area contributed by atoms with E-state index < -0.39 is 8.07 Å². The summed E-state index contributed by atoms with van der Waals surface area (Å²) in [7, 11) is -1.14. The highest BCUT2D eigenvalue weighted by atomic mass is 28.3. The van der Waals surface area contributed by atoms with E-state index in [-0.39, 0.29) is 19.7 Å². The molecular weight excluding hydrogens is 540 g/mol. The van der Waals surface area contributed by atoms with E-state index in [0.29, 0.717) is 0 Å². The molecule has 1 aromatic carbocycles. The molecule has 42 heavy (non-hydrogen) atoms. The van der Waals surface area contributed by atoms with E-state index in [2.05, 4.69) is 78.6 Å². The van der Waals surface area contributed by atoms with Gasteiger partial charge in [-0.3, -0.25) is 0 Å². The van der Waals surface area contributed by atoms with Crippen molar-refractivity contribution in [2.45, 2.75) is 131 Å². The van der Waals surface area contributed by atoms with Crippen molar-refractivity contribution < 1.29 is 24.1 Å². The van der Waals surface area contributed by atoms with Gasteiger partial charge in [-0.15, -0.1) is 0 Å². The average Bonchev–Trinajstić information content (AvgIpc) is 2.94. The fourth-order valence-electron chi connectivity index (χ4n) is 4.93. The molecule has 0 amide bonds. The summed E-state index contributed by atoms with van der Waals surface area (Å²) in [4.78, 5) is 0. The van der Waals surface area contributed by atoms with Crippen LogP contribution >= 0.6 is 0 Å². The van der Waals surface area contributed by atoms with Gasteiger partial charge in [-0.25, -0.2) is 0 Å². The quantitative estimate of drug-likeness (QED) is 0.0741.